The molecule has 0 heterocycles. The Kier molecular flexibility index (Phi) is 8.91. The summed E-state index contributed by atoms with van der Waals surface area (Å²) >= 11 is 0. The number of hydrogen-bond donors (Lipinski definition) is 1. The van der Waals surface area contributed by atoms with Crippen molar-refractivity contribution in [3.05, 3.63) is 12.2 Å². The molecule has 0 radical (unpaired) electrons. The Labute approximate surface area is 84.0 Å². The molecule has 14 heavy (non-hydrogen) atoms. The SMILES string of the molecule is C=C(C)C(=O)OC.CN(C)CC(=O)O. The van der Waals surface area contributed by atoms with E-state index in [0.717, 1.165) is 0 Å². The molecule has 0 aliphatic heterocycles. The number of nitrogens with zero attached hydrogens (tertiary/aromatic N) is 1. The Balaban J connectivity index is 0. The highest BCUT2D eigenvalue weighted by Gasteiger charge is 1.95. The first-order valence-corrected chi connectivity index (χ1v) is 3.91. The van der Waals surface area contributed by atoms with E-state index >= 15 is 0 Å². The summed E-state index contributed by atoms with van der Waals surface area (Å²) < 4.78 is 4.27. The molecule has 0 spiro atoms. The number of carbonyl (C=O) groups is 2. The molecule has 0 saturated heterocycles. The Morgan fingerprint density at radius 2 is 1.86 bits per heavy atom. The minimum atomic E-state index is -0.787. The molecule has 0 bridgehead atoms. The molecule has 5 nitrogen and oxygen atoms in total. The quantitative estimate of drug-likeness (QED) is 0.530. The van der Waals surface area contributed by atoms with Crippen LogP contribution in [-0.2, 0) is 14.3 Å². The molecule has 0 amide bonds. The Morgan fingerprint density at radius 3 is 1.86 bits per heavy atom. The van der Waals surface area contributed by atoms with Gasteiger partial charge in [0.25, 0.3) is 0 Å². The first-order chi connectivity index (χ1) is 6.31. The van der Waals surface area contributed by atoms with Crippen molar-refractivity contribution in [2.45, 2.75) is 6.92 Å². The van der Waals surface area contributed by atoms with Gasteiger partial charge in [-0.2, -0.15) is 0 Å². The number of hydrogen-bond acceptors (Lipinski definition) is 4. The zero-order chi connectivity index (χ0) is 11.7. The number of likely N-dealkylation sites (N-methyl/N-ethyl adjacent to an activating group) is 1. The molecular weight excluding hydrogens is 186 g/mol. The second-order valence-corrected chi connectivity index (χ2v) is 2.90. The van der Waals surface area contributed by atoms with E-state index in [0.29, 0.717) is 5.57 Å². The standard InChI is InChI=1S/C5H8O2.C4H9NO2/c1-4(2)5(6)7-3;1-5(2)3-4(6)7/h1H2,2-3H3;3H2,1-2H3,(H,6,7). The topological polar surface area (TPSA) is 66.8 Å². The van der Waals surface area contributed by atoms with Crippen LogP contribution in [0.5, 0.6) is 0 Å². The van der Waals surface area contributed by atoms with Crippen LogP contribution in [0.15, 0.2) is 12.2 Å². The predicted molar refractivity (Wildman–Crippen MR) is 53.0 cm³/mol. The maximum atomic E-state index is 10.2. The van der Waals surface area contributed by atoms with E-state index in [1.165, 1.54) is 7.11 Å². The van der Waals surface area contributed by atoms with Gasteiger partial charge in [0.2, 0.25) is 0 Å². The first kappa shape index (κ1) is 15.1. The molecule has 5 heteroatoms. The molecule has 0 aromatic heterocycles. The molecule has 0 aromatic carbocycles. The number of ether oxygens (including phenoxy) is 1. The minimum absolute atomic E-state index is 0.111. The van der Waals surface area contributed by atoms with Gasteiger partial charge in [0.1, 0.15) is 0 Å². The van der Waals surface area contributed by atoms with E-state index in [2.05, 4.69) is 11.3 Å². The van der Waals surface area contributed by atoms with Crippen molar-refractivity contribution < 1.29 is 19.4 Å². The number of methoxy groups -OCH3 is 1. The van der Waals surface area contributed by atoms with E-state index in [-0.39, 0.29) is 12.5 Å². The Bertz CT molecular complexity index is 211. The third-order valence-corrected chi connectivity index (χ3v) is 0.985. The first-order valence-electron chi connectivity index (χ1n) is 3.91. The van der Waals surface area contributed by atoms with Gasteiger partial charge < -0.3 is 9.84 Å². The molecule has 0 fully saturated rings. The fourth-order valence-electron chi connectivity index (χ4n) is 0.445. The zero-order valence-electron chi connectivity index (χ0n) is 9.03. The minimum Gasteiger partial charge on any atom is -0.480 e. The van der Waals surface area contributed by atoms with Gasteiger partial charge in [-0.1, -0.05) is 6.58 Å². The van der Waals surface area contributed by atoms with Crippen molar-refractivity contribution in [1.82, 2.24) is 4.90 Å². The smallest absolute Gasteiger partial charge is 0.332 e. The van der Waals surface area contributed by atoms with Gasteiger partial charge >= 0.3 is 11.9 Å². The molecule has 0 aromatic rings. The van der Waals surface area contributed by atoms with Crippen LogP contribution in [0.2, 0.25) is 0 Å². The second kappa shape index (κ2) is 8.25. The number of rotatable bonds is 3. The maximum Gasteiger partial charge on any atom is 0.332 e. The van der Waals surface area contributed by atoms with Gasteiger partial charge in [-0.05, 0) is 21.0 Å². The van der Waals surface area contributed by atoms with Crippen LogP contribution in [0.4, 0.5) is 0 Å². The fraction of sp³-hybridized carbons (Fsp3) is 0.556. The summed E-state index contributed by atoms with van der Waals surface area (Å²) in [5.74, 6) is -1.13. The zero-order valence-corrected chi connectivity index (χ0v) is 9.03. The molecule has 82 valence electrons. The van der Waals surface area contributed by atoms with Crippen LogP contribution >= 0.6 is 0 Å². The molecule has 0 aliphatic carbocycles. The molecule has 0 aliphatic rings. The molecule has 0 atom stereocenters. The van der Waals surface area contributed by atoms with Gasteiger partial charge in [0, 0.05) is 5.57 Å². The summed E-state index contributed by atoms with van der Waals surface area (Å²) in [5.41, 5.74) is 0.433. The van der Waals surface area contributed by atoms with Crippen molar-refractivity contribution in [2.24, 2.45) is 0 Å². The Hall–Kier alpha value is -1.36. The average molecular weight is 203 g/mol. The van der Waals surface area contributed by atoms with Crippen LogP contribution in [0, 0.1) is 0 Å². The number of esters is 1. The summed E-state index contributed by atoms with van der Waals surface area (Å²) in [6.07, 6.45) is 0. The largest absolute Gasteiger partial charge is 0.480 e. The van der Waals surface area contributed by atoms with Crippen molar-refractivity contribution in [2.75, 3.05) is 27.7 Å². The molecule has 0 unspecified atom stereocenters. The van der Waals surface area contributed by atoms with E-state index in [1.807, 2.05) is 0 Å². The summed E-state index contributed by atoms with van der Waals surface area (Å²) in [7, 11) is 4.76. The van der Waals surface area contributed by atoms with Gasteiger partial charge in [0.05, 0.1) is 13.7 Å². The van der Waals surface area contributed by atoms with Gasteiger partial charge in [-0.15, -0.1) is 0 Å². The van der Waals surface area contributed by atoms with Crippen molar-refractivity contribution in [3.8, 4) is 0 Å². The van der Waals surface area contributed by atoms with E-state index in [1.54, 1.807) is 25.9 Å². The molecule has 0 saturated carbocycles. The highest BCUT2D eigenvalue weighted by molar-refractivity contribution is 5.86. The number of aliphatic carboxylic acids is 1. The monoisotopic (exact) mass is 203 g/mol. The highest BCUT2D eigenvalue weighted by atomic mass is 16.5. The van der Waals surface area contributed by atoms with Crippen LogP contribution in [0.3, 0.4) is 0 Å². The van der Waals surface area contributed by atoms with Crippen molar-refractivity contribution in [3.63, 3.8) is 0 Å². The van der Waals surface area contributed by atoms with Crippen LogP contribution in [0.1, 0.15) is 6.92 Å². The van der Waals surface area contributed by atoms with Crippen molar-refractivity contribution in [1.29, 1.82) is 0 Å². The number of carbonyl (C=O) groups excluding carboxylic acids is 1. The van der Waals surface area contributed by atoms with Crippen LogP contribution in [-0.4, -0.2) is 49.7 Å². The molecular formula is C9H17NO4. The predicted octanol–water partition coefficient (Wildman–Crippen LogP) is 0.368. The van der Waals surface area contributed by atoms with E-state index < -0.39 is 5.97 Å². The van der Waals surface area contributed by atoms with Gasteiger partial charge in [-0.25, -0.2) is 4.79 Å². The molecule has 0 rings (SSSR count). The summed E-state index contributed by atoms with van der Waals surface area (Å²) in [6.45, 7) is 5.07. The van der Waals surface area contributed by atoms with Crippen LogP contribution in [0.25, 0.3) is 0 Å². The second-order valence-electron chi connectivity index (χ2n) is 2.90. The third kappa shape index (κ3) is 13.2. The average Bonchev–Trinajstić information content (AvgIpc) is 2.01. The van der Waals surface area contributed by atoms with Gasteiger partial charge in [0.15, 0.2) is 0 Å². The fourth-order valence-corrected chi connectivity index (χ4v) is 0.445. The lowest BCUT2D eigenvalue weighted by Crippen LogP contribution is -2.20. The maximum absolute atomic E-state index is 10.2. The summed E-state index contributed by atoms with van der Waals surface area (Å²) in [6, 6.07) is 0. The highest BCUT2D eigenvalue weighted by Crippen LogP contribution is 1.87. The van der Waals surface area contributed by atoms with Crippen molar-refractivity contribution >= 4 is 11.9 Å². The number of carboxylic acid groups (broad SMARTS) is 1. The lowest BCUT2D eigenvalue weighted by atomic mass is 10.4. The lowest BCUT2D eigenvalue weighted by molar-refractivity contribution is -0.138. The lowest BCUT2D eigenvalue weighted by Gasteiger charge is -2.01. The van der Waals surface area contributed by atoms with Gasteiger partial charge in [-0.3, -0.25) is 9.69 Å². The third-order valence-electron chi connectivity index (χ3n) is 0.985. The molecule has 1 N–H and O–H groups in total. The summed E-state index contributed by atoms with van der Waals surface area (Å²) in [4.78, 5) is 21.6. The van der Waals surface area contributed by atoms with E-state index in [4.69, 9.17) is 5.11 Å². The van der Waals surface area contributed by atoms with E-state index in [9.17, 15) is 9.59 Å². The summed E-state index contributed by atoms with van der Waals surface area (Å²) in [5, 5.41) is 8.04. The number of carboxylic acids is 1. The Morgan fingerprint density at radius 1 is 1.43 bits per heavy atom. The normalized spacial score (nSPS) is 8.64. The van der Waals surface area contributed by atoms with Crippen LogP contribution < -0.4 is 0 Å².